The average Bonchev–Trinajstić information content (AvgIpc) is 1.61. The summed E-state index contributed by atoms with van der Waals surface area (Å²) in [6, 6.07) is 127. The maximum atomic E-state index is 5.36. The first-order valence-corrected chi connectivity index (χ1v) is 47.3. The van der Waals surface area contributed by atoms with Gasteiger partial charge in [0.2, 0.25) is 0 Å². The molecule has 0 spiro atoms. The summed E-state index contributed by atoms with van der Waals surface area (Å²) < 4.78 is 28.4. The molecule has 24 aromatic rings. The Balaban J connectivity index is 0.000000104. The molecule has 1 saturated heterocycles. The number of para-hydroxylation sites is 11. The fraction of sp³-hybridized carbons (Fsp3) is 0.127. The monoisotopic (exact) mass is 1770 g/mol. The number of ether oxygens (including phenoxy) is 2. The molecule has 0 radical (unpaired) electrons. The lowest BCUT2D eigenvalue weighted by Gasteiger charge is -2.06. The van der Waals surface area contributed by atoms with Crippen molar-refractivity contribution < 1.29 is 9.47 Å². The molecule has 0 aliphatic carbocycles. The lowest BCUT2D eigenvalue weighted by molar-refractivity contribution is 0.239. The molecule has 9 heterocycles. The van der Waals surface area contributed by atoms with Gasteiger partial charge in [0, 0.05) is 157 Å². The molecule has 0 N–H and O–H groups in total. The summed E-state index contributed by atoms with van der Waals surface area (Å²) in [4.78, 5) is 0. The number of hydrogen-bond acceptors (Lipinski definition) is 2. The highest BCUT2D eigenvalue weighted by atomic mass is 16.6. The molecular formula is C126H116N8O2. The predicted molar refractivity (Wildman–Crippen MR) is 590 cm³/mol. The Bertz CT molecular complexity index is 8330. The van der Waals surface area contributed by atoms with Crippen molar-refractivity contribution in [1.29, 1.82) is 0 Å². The number of aromatic nitrogens is 8. The normalized spacial score (nSPS) is 12.1. The Morgan fingerprint density at radius 1 is 0.301 bits per heavy atom. The summed E-state index contributed by atoms with van der Waals surface area (Å²) in [5.74, 6) is 0. The van der Waals surface area contributed by atoms with Crippen LogP contribution in [0.1, 0.15) is 61.4 Å². The van der Waals surface area contributed by atoms with E-state index in [-0.39, 0.29) is 0 Å². The second-order valence-electron chi connectivity index (χ2n) is 35.0. The zero-order valence-electron chi connectivity index (χ0n) is 78.8. The summed E-state index contributed by atoms with van der Waals surface area (Å²) in [5.41, 5.74) is 27.9. The van der Waals surface area contributed by atoms with Crippen LogP contribution in [0.3, 0.4) is 0 Å². The first-order valence-electron chi connectivity index (χ1n) is 47.3. The third-order valence-electron chi connectivity index (χ3n) is 26.1. The van der Waals surface area contributed by atoms with E-state index in [1.54, 1.807) is 0 Å². The standard InChI is InChI=1S/C18H19N.C16H15NO.3C16H15N.C15H13NO.C15H13N.C14H11N/c1-3-5-8-14-11-12-18-16(13-14)15-9-6-7-10-17(15)19(18)4-2;1-2-18-12-11-17-15-9-5-3-7-13(15)14-8-4-6-10-16(14)17;1-12(2)11-17-15-9-5-3-7-13(15)14-8-4-6-10-16(14)17;1-4-17-15-7-5-11(2)9-13(15)14-10-12(3)6-8-16(14)17;1-3-12-9-10-16-14(11-12)13-7-5-6-8-15(13)17(16)4-2;1-3-7-14-12(5-1)13-6-2-4-8-15(13)16(14)9-11-10-17-11;1-3-16-14-7-5-4-6-12(14)13-10-11(2)8-9-15(13)16;1-2-15-13-9-5-3-7-11(13)12-8-4-6-10-14(12)15/h4,6-7,9-13H,2-3,5,8H2,1H3;2-10H,1,11-12H2;3-10H,1,11H2,2H3;4-10H,1H2,2-3H3;4-11H,2-3H2,1H3;1-8,11H,9-10H2;3-10H,1H2,2H3;2-10H,1H2. The molecule has 1 aliphatic heterocycles. The largest absolute Gasteiger partial charge is 0.500 e. The topological polar surface area (TPSA) is 61.2 Å². The second kappa shape index (κ2) is 40.9. The quantitative estimate of drug-likeness (QED) is 0.0395. The van der Waals surface area contributed by atoms with Crippen LogP contribution in [-0.2, 0) is 41.9 Å². The van der Waals surface area contributed by atoms with Gasteiger partial charge in [0.05, 0.1) is 87.2 Å². The van der Waals surface area contributed by atoms with Gasteiger partial charge in [-0.25, -0.2) is 0 Å². The van der Waals surface area contributed by atoms with E-state index in [9.17, 15) is 0 Å². The third-order valence-corrected chi connectivity index (χ3v) is 26.1. The molecule has 672 valence electrons. The number of allylic oxidation sites excluding steroid dienone is 1. The van der Waals surface area contributed by atoms with Gasteiger partial charge in [0.25, 0.3) is 0 Å². The first kappa shape index (κ1) is 90.4. The van der Waals surface area contributed by atoms with Crippen molar-refractivity contribution in [3.63, 3.8) is 0 Å². The molecule has 1 unspecified atom stereocenters. The maximum absolute atomic E-state index is 5.36. The molecule has 136 heavy (non-hydrogen) atoms. The smallest absolute Gasteiger partial charge is 0.105 e. The van der Waals surface area contributed by atoms with Crippen LogP contribution < -0.4 is 0 Å². The number of aryl methyl sites for hydroxylation is 5. The fourth-order valence-corrected chi connectivity index (χ4v) is 19.7. The van der Waals surface area contributed by atoms with Crippen LogP contribution in [0.2, 0.25) is 0 Å². The van der Waals surface area contributed by atoms with Gasteiger partial charge in [-0.15, -0.1) is 0 Å². The number of hydrogen-bond donors (Lipinski definition) is 0. The minimum Gasteiger partial charge on any atom is -0.500 e. The minimum absolute atomic E-state index is 0.411. The molecule has 0 amide bonds. The van der Waals surface area contributed by atoms with Crippen LogP contribution in [0.4, 0.5) is 0 Å². The fourth-order valence-electron chi connectivity index (χ4n) is 19.7. The van der Waals surface area contributed by atoms with Crippen molar-refractivity contribution in [2.45, 2.75) is 93.0 Å². The number of rotatable bonds is 17. The Morgan fingerprint density at radius 2 is 0.544 bits per heavy atom. The van der Waals surface area contributed by atoms with Gasteiger partial charge in [-0.05, 0) is 185 Å². The Labute approximate surface area is 795 Å². The predicted octanol–water partition coefficient (Wildman–Crippen LogP) is 33.8. The summed E-state index contributed by atoms with van der Waals surface area (Å²) in [6.45, 7) is 44.2. The maximum Gasteiger partial charge on any atom is 0.105 e. The Morgan fingerprint density at radius 3 is 0.831 bits per heavy atom. The lowest BCUT2D eigenvalue weighted by Crippen LogP contribution is -2.03. The lowest BCUT2D eigenvalue weighted by atomic mass is 10.0. The molecule has 10 nitrogen and oxygen atoms in total. The van der Waals surface area contributed by atoms with Gasteiger partial charge < -0.3 is 46.0 Å². The van der Waals surface area contributed by atoms with Crippen molar-refractivity contribution in [3.8, 4) is 0 Å². The number of unbranched alkanes of at least 4 members (excludes halogenated alkanes) is 1. The summed E-state index contributed by atoms with van der Waals surface area (Å²) >= 11 is 0. The highest BCUT2D eigenvalue weighted by Gasteiger charge is 2.25. The van der Waals surface area contributed by atoms with Crippen molar-refractivity contribution in [3.05, 3.63) is 444 Å². The van der Waals surface area contributed by atoms with E-state index >= 15 is 0 Å². The summed E-state index contributed by atoms with van der Waals surface area (Å²) in [7, 11) is 0. The van der Waals surface area contributed by atoms with Gasteiger partial charge >= 0.3 is 0 Å². The summed E-state index contributed by atoms with van der Waals surface area (Å²) in [6.07, 6.45) is 16.1. The molecule has 8 aromatic heterocycles. The van der Waals surface area contributed by atoms with E-state index in [0.717, 1.165) is 32.7 Å². The van der Waals surface area contributed by atoms with Crippen LogP contribution >= 0.6 is 0 Å². The molecule has 10 heteroatoms. The SMILES string of the molecule is C=C(C)Cn1c2ccccc2c2ccccc21.C=COCCn1c2ccccc2c2ccccc21.C=Cn1c2ccc(C)cc2c2cc(C)ccc21.C=Cn1c2ccccc2c2cc(C)ccc21.C=Cn1c2ccccc2c2cc(CC)ccc21.C=Cn1c2ccccc2c2cc(CCCC)ccc21.C=Cn1c2ccccc2c2ccccc21.c1ccc2c(c1)c1ccccc1n2CC1CO1. The van der Waals surface area contributed by atoms with Gasteiger partial charge in [-0.3, -0.25) is 0 Å². The molecule has 1 atom stereocenters. The van der Waals surface area contributed by atoms with E-state index < -0.39 is 0 Å². The Hall–Kier alpha value is -16.1. The molecule has 16 aromatic carbocycles. The molecule has 0 saturated carbocycles. The van der Waals surface area contributed by atoms with Crippen molar-refractivity contribution in [2.75, 3.05) is 13.2 Å². The van der Waals surface area contributed by atoms with E-state index in [2.05, 4.69) is 482 Å². The van der Waals surface area contributed by atoms with E-state index in [0.29, 0.717) is 12.7 Å². The number of nitrogens with zero attached hydrogens (tertiary/aromatic N) is 8. The van der Waals surface area contributed by atoms with Gasteiger partial charge in [-0.1, -0.05) is 319 Å². The average molecular weight is 1770 g/mol. The van der Waals surface area contributed by atoms with Crippen molar-refractivity contribution in [1.82, 2.24) is 36.5 Å². The molecule has 25 rings (SSSR count). The number of epoxide rings is 1. The van der Waals surface area contributed by atoms with E-state index in [1.165, 1.54) is 233 Å². The summed E-state index contributed by atoms with van der Waals surface area (Å²) in [5, 5.41) is 21.0. The van der Waals surface area contributed by atoms with Crippen LogP contribution in [0.25, 0.3) is 205 Å². The van der Waals surface area contributed by atoms with Crippen LogP contribution in [0.5, 0.6) is 0 Å². The van der Waals surface area contributed by atoms with Crippen molar-refractivity contribution >= 4 is 205 Å². The molecule has 1 fully saturated rings. The third kappa shape index (κ3) is 18.1. The van der Waals surface area contributed by atoms with Gasteiger partial charge in [-0.2, -0.15) is 0 Å². The molecular weight excluding hydrogens is 1660 g/mol. The van der Waals surface area contributed by atoms with Crippen LogP contribution in [0, 0.1) is 20.8 Å². The molecule has 1 aliphatic rings. The van der Waals surface area contributed by atoms with Crippen molar-refractivity contribution in [2.24, 2.45) is 0 Å². The highest BCUT2D eigenvalue weighted by Crippen LogP contribution is 2.39. The number of benzene rings is 16. The van der Waals surface area contributed by atoms with Gasteiger partial charge in [0.15, 0.2) is 0 Å². The molecule has 0 bridgehead atoms. The van der Waals surface area contributed by atoms with E-state index in [1.807, 2.05) is 31.0 Å². The highest BCUT2D eigenvalue weighted by molar-refractivity contribution is 6.15. The van der Waals surface area contributed by atoms with E-state index in [4.69, 9.17) is 9.47 Å². The Kier molecular flexibility index (Phi) is 27.2. The zero-order chi connectivity index (χ0) is 93.9. The van der Waals surface area contributed by atoms with Crippen LogP contribution in [-0.4, -0.2) is 55.9 Å². The zero-order valence-corrected chi connectivity index (χ0v) is 78.8. The second-order valence-corrected chi connectivity index (χ2v) is 35.0. The first-order chi connectivity index (χ1) is 66.7. The minimum atomic E-state index is 0.411. The number of fused-ring (bicyclic) bond motifs is 24. The van der Waals surface area contributed by atoms with Crippen LogP contribution in [0.15, 0.2) is 416 Å². The van der Waals surface area contributed by atoms with Gasteiger partial charge in [0.1, 0.15) is 6.61 Å².